The highest BCUT2D eigenvalue weighted by atomic mass is 16.6. The van der Waals surface area contributed by atoms with Crippen molar-refractivity contribution >= 4 is 17.7 Å². The smallest absolute Gasteiger partial charge is 0.412 e. The van der Waals surface area contributed by atoms with Crippen molar-refractivity contribution in [2.75, 3.05) is 18.5 Å². The highest BCUT2D eigenvalue weighted by molar-refractivity contribution is 5.88. The third-order valence-corrected chi connectivity index (χ3v) is 3.09. The van der Waals surface area contributed by atoms with Gasteiger partial charge in [-0.2, -0.15) is 0 Å². The summed E-state index contributed by atoms with van der Waals surface area (Å²) in [5.41, 5.74) is 1.65. The highest BCUT2D eigenvalue weighted by Gasteiger charge is 2.22. The molecule has 0 bridgehead atoms. The Labute approximate surface area is 123 Å². The average molecular weight is 293 g/mol. The molecule has 0 spiro atoms. The molecule has 1 amide bonds. The predicted molar refractivity (Wildman–Crippen MR) is 76.3 cm³/mol. The number of hydrogen-bond acceptors (Lipinski definition) is 5. The summed E-state index contributed by atoms with van der Waals surface area (Å²) in [5.74, 6) is 0.467. The topological polar surface area (TPSA) is 73.9 Å². The number of carbonyl (C=O) groups excluding carboxylic acids is 2. The van der Waals surface area contributed by atoms with Gasteiger partial charge in [0.2, 0.25) is 0 Å². The molecule has 0 aliphatic carbocycles. The van der Waals surface area contributed by atoms with Crippen LogP contribution in [0.15, 0.2) is 18.2 Å². The Balaban J connectivity index is 1.81. The molecule has 1 aromatic rings. The van der Waals surface area contributed by atoms with Crippen LogP contribution in [0.25, 0.3) is 0 Å². The van der Waals surface area contributed by atoms with Crippen LogP contribution in [-0.2, 0) is 14.3 Å². The van der Waals surface area contributed by atoms with Crippen LogP contribution in [0.2, 0.25) is 0 Å². The normalized spacial score (nSPS) is 16.5. The second-order valence-corrected chi connectivity index (χ2v) is 4.82. The highest BCUT2D eigenvalue weighted by Crippen LogP contribution is 2.33. The maximum atomic E-state index is 11.2. The van der Waals surface area contributed by atoms with Crippen molar-refractivity contribution in [1.29, 1.82) is 0 Å². The Morgan fingerprint density at radius 2 is 2.10 bits per heavy atom. The lowest BCUT2D eigenvalue weighted by molar-refractivity contribution is -0.141. The lowest BCUT2D eigenvalue weighted by Gasteiger charge is -2.23. The third kappa shape index (κ3) is 4.37. The minimum Gasteiger partial charge on any atom is -0.494 e. The standard InChI is InChI=1S/C15H19NO5/c1-10-13-9-12(5-6-14(13)16-15(18)21-10)20-8-4-3-7-19-11(2)17/h5-6,9-10H,3-4,7-8H2,1-2H3,(H,16,18). The van der Waals surface area contributed by atoms with Crippen LogP contribution in [0.4, 0.5) is 10.5 Å². The van der Waals surface area contributed by atoms with Crippen molar-refractivity contribution in [3.8, 4) is 5.75 Å². The first kappa shape index (κ1) is 15.2. The van der Waals surface area contributed by atoms with Gasteiger partial charge in [-0.15, -0.1) is 0 Å². The van der Waals surface area contributed by atoms with Crippen molar-refractivity contribution in [2.24, 2.45) is 0 Å². The first-order chi connectivity index (χ1) is 10.1. The number of hydrogen-bond donors (Lipinski definition) is 1. The van der Waals surface area contributed by atoms with E-state index in [1.165, 1.54) is 6.92 Å². The largest absolute Gasteiger partial charge is 0.494 e. The Morgan fingerprint density at radius 1 is 1.33 bits per heavy atom. The number of benzene rings is 1. The molecule has 1 aromatic carbocycles. The molecular weight excluding hydrogens is 274 g/mol. The monoisotopic (exact) mass is 293 g/mol. The molecule has 0 saturated carbocycles. The number of rotatable bonds is 6. The molecule has 1 N–H and O–H groups in total. The van der Waals surface area contributed by atoms with Crippen molar-refractivity contribution < 1.29 is 23.8 Å². The van der Waals surface area contributed by atoms with Crippen molar-refractivity contribution in [1.82, 2.24) is 0 Å². The van der Waals surface area contributed by atoms with E-state index in [2.05, 4.69) is 5.32 Å². The molecule has 1 aliphatic rings. The van der Waals surface area contributed by atoms with Gasteiger partial charge in [0.1, 0.15) is 11.9 Å². The first-order valence-corrected chi connectivity index (χ1v) is 6.94. The zero-order valence-corrected chi connectivity index (χ0v) is 12.2. The molecule has 21 heavy (non-hydrogen) atoms. The maximum Gasteiger partial charge on any atom is 0.412 e. The SMILES string of the molecule is CC(=O)OCCCCOc1ccc2c(c1)C(C)OC(=O)N2. The van der Waals surface area contributed by atoms with Crippen LogP contribution in [0.1, 0.15) is 38.4 Å². The molecule has 6 nitrogen and oxygen atoms in total. The van der Waals surface area contributed by atoms with Crippen LogP contribution < -0.4 is 10.1 Å². The zero-order valence-electron chi connectivity index (χ0n) is 12.2. The fourth-order valence-electron chi connectivity index (χ4n) is 2.05. The Hall–Kier alpha value is -2.24. The fourth-order valence-corrected chi connectivity index (χ4v) is 2.05. The predicted octanol–water partition coefficient (Wildman–Crippen LogP) is 3.03. The van der Waals surface area contributed by atoms with E-state index in [0.717, 1.165) is 29.8 Å². The number of carbonyl (C=O) groups is 2. The second-order valence-electron chi connectivity index (χ2n) is 4.82. The number of ether oxygens (including phenoxy) is 3. The van der Waals surface area contributed by atoms with Gasteiger partial charge < -0.3 is 14.2 Å². The molecule has 1 unspecified atom stereocenters. The summed E-state index contributed by atoms with van der Waals surface area (Å²) < 4.78 is 15.6. The number of anilines is 1. The summed E-state index contributed by atoms with van der Waals surface area (Å²) in [5, 5.41) is 2.65. The van der Waals surface area contributed by atoms with E-state index in [0.29, 0.717) is 13.2 Å². The van der Waals surface area contributed by atoms with E-state index in [9.17, 15) is 9.59 Å². The van der Waals surface area contributed by atoms with Crippen molar-refractivity contribution in [3.63, 3.8) is 0 Å². The summed E-state index contributed by atoms with van der Waals surface area (Å²) in [6.45, 7) is 4.17. The van der Waals surface area contributed by atoms with Crippen LogP contribution in [-0.4, -0.2) is 25.3 Å². The van der Waals surface area contributed by atoms with E-state index >= 15 is 0 Å². The van der Waals surface area contributed by atoms with Crippen LogP contribution in [0.3, 0.4) is 0 Å². The summed E-state index contributed by atoms with van der Waals surface area (Å²) in [6.07, 6.45) is 0.836. The van der Waals surface area contributed by atoms with E-state index < -0.39 is 6.09 Å². The molecular formula is C15H19NO5. The van der Waals surface area contributed by atoms with Crippen molar-refractivity contribution in [2.45, 2.75) is 32.8 Å². The number of esters is 1. The van der Waals surface area contributed by atoms with Crippen LogP contribution in [0, 0.1) is 0 Å². The fraction of sp³-hybridized carbons (Fsp3) is 0.467. The molecule has 0 radical (unpaired) electrons. The number of nitrogens with one attached hydrogen (secondary N) is 1. The van der Waals surface area contributed by atoms with Crippen molar-refractivity contribution in [3.05, 3.63) is 23.8 Å². The molecule has 1 atom stereocenters. The van der Waals surface area contributed by atoms with Gasteiger partial charge in [-0.1, -0.05) is 0 Å². The van der Waals surface area contributed by atoms with Gasteiger partial charge in [-0.05, 0) is 38.0 Å². The number of unbranched alkanes of at least 4 members (excludes halogenated alkanes) is 1. The summed E-state index contributed by atoms with van der Waals surface area (Å²) in [7, 11) is 0. The van der Waals surface area contributed by atoms with Crippen LogP contribution >= 0.6 is 0 Å². The van der Waals surface area contributed by atoms with Gasteiger partial charge in [0, 0.05) is 12.5 Å². The molecule has 1 heterocycles. The zero-order chi connectivity index (χ0) is 15.2. The van der Waals surface area contributed by atoms with Gasteiger partial charge in [0.15, 0.2) is 0 Å². The molecule has 0 saturated heterocycles. The average Bonchev–Trinajstić information content (AvgIpc) is 2.42. The van der Waals surface area contributed by atoms with Gasteiger partial charge in [0.05, 0.1) is 18.9 Å². The van der Waals surface area contributed by atoms with E-state index in [-0.39, 0.29) is 12.1 Å². The Kier molecular flexibility index (Phi) is 5.03. The lowest BCUT2D eigenvalue weighted by atomic mass is 10.1. The maximum absolute atomic E-state index is 11.2. The second kappa shape index (κ2) is 6.97. The van der Waals surface area contributed by atoms with E-state index in [4.69, 9.17) is 14.2 Å². The molecule has 114 valence electrons. The number of amides is 1. The molecule has 6 heteroatoms. The molecule has 1 aliphatic heterocycles. The minimum absolute atomic E-state index is 0.262. The number of fused-ring (bicyclic) bond motifs is 1. The first-order valence-electron chi connectivity index (χ1n) is 6.94. The number of cyclic esters (lactones) is 1. The Morgan fingerprint density at radius 3 is 2.86 bits per heavy atom. The van der Waals surface area contributed by atoms with Crippen LogP contribution in [0.5, 0.6) is 5.75 Å². The lowest BCUT2D eigenvalue weighted by Crippen LogP contribution is -2.23. The Bertz CT molecular complexity index is 529. The van der Waals surface area contributed by atoms with Gasteiger partial charge >= 0.3 is 12.1 Å². The summed E-state index contributed by atoms with van der Waals surface area (Å²) in [6, 6.07) is 5.48. The summed E-state index contributed by atoms with van der Waals surface area (Å²) in [4.78, 5) is 21.8. The molecule has 0 aromatic heterocycles. The van der Waals surface area contributed by atoms with Gasteiger partial charge in [-0.3, -0.25) is 10.1 Å². The molecule has 2 rings (SSSR count). The third-order valence-electron chi connectivity index (χ3n) is 3.09. The van der Waals surface area contributed by atoms with E-state index in [1.54, 1.807) is 6.07 Å². The minimum atomic E-state index is -0.436. The molecule has 0 fully saturated rings. The summed E-state index contributed by atoms with van der Waals surface area (Å²) >= 11 is 0. The van der Waals surface area contributed by atoms with Gasteiger partial charge in [-0.25, -0.2) is 4.79 Å². The van der Waals surface area contributed by atoms with Gasteiger partial charge in [0.25, 0.3) is 0 Å². The quantitative estimate of drug-likeness (QED) is 0.644. The van der Waals surface area contributed by atoms with E-state index in [1.807, 2.05) is 19.1 Å².